The van der Waals surface area contributed by atoms with Crippen molar-refractivity contribution in [1.82, 2.24) is 9.88 Å². The van der Waals surface area contributed by atoms with Crippen LogP contribution in [0.5, 0.6) is 11.5 Å². The predicted molar refractivity (Wildman–Crippen MR) is 118 cm³/mol. The highest BCUT2D eigenvalue weighted by atomic mass is 35.5. The van der Waals surface area contributed by atoms with E-state index in [1.165, 1.54) is 0 Å². The molecule has 0 bridgehead atoms. The van der Waals surface area contributed by atoms with Crippen LogP contribution in [0, 0.1) is 0 Å². The maximum Gasteiger partial charge on any atom is 0.140 e. The van der Waals surface area contributed by atoms with Crippen molar-refractivity contribution in [3.63, 3.8) is 0 Å². The summed E-state index contributed by atoms with van der Waals surface area (Å²) in [6, 6.07) is 5.65. The average Bonchev–Trinajstić information content (AvgIpc) is 2.77. The van der Waals surface area contributed by atoms with E-state index in [4.69, 9.17) is 30.5 Å². The van der Waals surface area contributed by atoms with Crippen molar-refractivity contribution < 1.29 is 18.9 Å². The van der Waals surface area contributed by atoms with Crippen molar-refractivity contribution in [2.75, 3.05) is 72.1 Å². The normalized spacial score (nSPS) is 14.2. The molecule has 1 aliphatic heterocycles. The summed E-state index contributed by atoms with van der Waals surface area (Å²) in [6.07, 6.45) is 0. The van der Waals surface area contributed by atoms with Crippen molar-refractivity contribution >= 4 is 28.3 Å². The van der Waals surface area contributed by atoms with E-state index < -0.39 is 0 Å². The second kappa shape index (κ2) is 12.7. The lowest BCUT2D eigenvalue weighted by molar-refractivity contribution is 0.0322. The highest BCUT2D eigenvalue weighted by Gasteiger charge is 2.15. The van der Waals surface area contributed by atoms with Crippen LogP contribution >= 0.6 is 11.6 Å². The van der Waals surface area contributed by atoms with Gasteiger partial charge in [-0.1, -0.05) is 25.4 Å². The molecule has 7 nitrogen and oxygen atoms in total. The van der Waals surface area contributed by atoms with Crippen LogP contribution in [-0.2, 0) is 9.47 Å². The van der Waals surface area contributed by atoms with Crippen LogP contribution in [-0.4, -0.2) is 76.7 Å². The van der Waals surface area contributed by atoms with Crippen molar-refractivity contribution in [2.24, 2.45) is 0 Å². The summed E-state index contributed by atoms with van der Waals surface area (Å²) in [7, 11) is 3.29. The minimum Gasteiger partial charge on any atom is -0.496 e. The number of ether oxygens (including phenoxy) is 4. The van der Waals surface area contributed by atoms with Crippen LogP contribution in [0.3, 0.4) is 0 Å². The molecule has 2 aromatic rings. The fraction of sp³-hybridized carbons (Fsp3) is 0.571. The molecule has 3 rings (SSSR count). The zero-order valence-electron chi connectivity index (χ0n) is 17.8. The maximum absolute atomic E-state index is 6.60. The SMILES string of the molecule is CC.COCCNc1cc(OC)c2ccc(OCCN3CCOCC3)c(Cl)c2n1. The third kappa shape index (κ3) is 6.60. The Kier molecular flexibility index (Phi) is 10.3. The van der Waals surface area contributed by atoms with Gasteiger partial charge in [-0.2, -0.15) is 0 Å². The summed E-state index contributed by atoms with van der Waals surface area (Å²) in [4.78, 5) is 6.95. The number of nitrogens with one attached hydrogen (secondary N) is 1. The quantitative estimate of drug-likeness (QED) is 0.614. The van der Waals surface area contributed by atoms with Crippen LogP contribution < -0.4 is 14.8 Å². The molecule has 8 heteroatoms. The Balaban J connectivity index is 0.00000145. The molecule has 29 heavy (non-hydrogen) atoms. The minimum atomic E-state index is 0.489. The summed E-state index contributed by atoms with van der Waals surface area (Å²) in [5.74, 6) is 2.02. The Hall–Kier alpha value is -1.80. The molecule has 0 radical (unpaired) electrons. The van der Waals surface area contributed by atoms with Crippen molar-refractivity contribution in [3.8, 4) is 11.5 Å². The Morgan fingerprint density at radius 2 is 1.90 bits per heavy atom. The number of halogens is 1. The number of nitrogens with zero attached hydrogens (tertiary/aromatic N) is 2. The van der Waals surface area contributed by atoms with Crippen molar-refractivity contribution in [2.45, 2.75) is 13.8 Å². The molecule has 0 atom stereocenters. The predicted octanol–water partition coefficient (Wildman–Crippen LogP) is 3.69. The molecule has 1 aromatic heterocycles. The standard InChI is InChI=1S/C19H26ClN3O4.C2H6/c1-24-9-5-21-17-13-16(25-2)14-3-4-15(18(20)19(14)22-17)27-12-8-23-6-10-26-11-7-23;1-2/h3-4,13H,5-12H2,1-2H3,(H,21,22);1-2H3. The van der Waals surface area contributed by atoms with Gasteiger partial charge in [-0.25, -0.2) is 4.98 Å². The number of morpholine rings is 1. The molecule has 1 aliphatic rings. The Labute approximate surface area is 178 Å². The second-order valence-corrected chi connectivity index (χ2v) is 6.58. The van der Waals surface area contributed by atoms with E-state index in [0.717, 1.165) is 38.2 Å². The number of hydrogen-bond acceptors (Lipinski definition) is 7. The van der Waals surface area contributed by atoms with Gasteiger partial charge in [0, 0.05) is 44.7 Å². The zero-order chi connectivity index (χ0) is 21.1. The van der Waals surface area contributed by atoms with Crippen LogP contribution in [0.25, 0.3) is 10.9 Å². The topological polar surface area (TPSA) is 65.1 Å². The average molecular weight is 426 g/mol. The number of anilines is 1. The smallest absolute Gasteiger partial charge is 0.140 e. The summed E-state index contributed by atoms with van der Waals surface area (Å²) < 4.78 is 21.9. The number of benzene rings is 1. The fourth-order valence-electron chi connectivity index (χ4n) is 2.97. The van der Waals surface area contributed by atoms with Crippen molar-refractivity contribution in [1.29, 1.82) is 0 Å². The number of aromatic nitrogens is 1. The molecule has 162 valence electrons. The lowest BCUT2D eigenvalue weighted by Gasteiger charge is -2.26. The molecule has 1 fully saturated rings. The highest BCUT2D eigenvalue weighted by molar-refractivity contribution is 6.36. The molecule has 0 saturated carbocycles. The van der Waals surface area contributed by atoms with E-state index in [9.17, 15) is 0 Å². The Morgan fingerprint density at radius 1 is 1.14 bits per heavy atom. The Morgan fingerprint density at radius 3 is 2.59 bits per heavy atom. The summed E-state index contributed by atoms with van der Waals surface area (Å²) in [5.41, 5.74) is 0.653. The first-order valence-electron chi connectivity index (χ1n) is 10.1. The summed E-state index contributed by atoms with van der Waals surface area (Å²) in [6.45, 7) is 10.1. The fourth-order valence-corrected chi connectivity index (χ4v) is 3.23. The zero-order valence-corrected chi connectivity index (χ0v) is 18.6. The molecular formula is C21H32ClN3O4. The third-order valence-corrected chi connectivity index (χ3v) is 4.81. The van der Waals surface area contributed by atoms with Gasteiger partial charge in [-0.3, -0.25) is 4.90 Å². The number of methoxy groups -OCH3 is 2. The molecule has 1 N–H and O–H groups in total. The molecule has 0 aliphatic carbocycles. The van der Waals surface area contributed by atoms with Gasteiger partial charge in [0.15, 0.2) is 0 Å². The van der Waals surface area contributed by atoms with Crippen LogP contribution in [0.15, 0.2) is 18.2 Å². The van der Waals surface area contributed by atoms with E-state index in [1.807, 2.05) is 32.0 Å². The van der Waals surface area contributed by atoms with Gasteiger partial charge in [0.25, 0.3) is 0 Å². The lowest BCUT2D eigenvalue weighted by atomic mass is 10.2. The monoisotopic (exact) mass is 425 g/mol. The van der Waals surface area contributed by atoms with Gasteiger partial charge in [0.1, 0.15) is 28.9 Å². The molecule has 2 heterocycles. The largest absolute Gasteiger partial charge is 0.496 e. The first kappa shape index (κ1) is 23.5. The van der Waals surface area contributed by atoms with E-state index in [2.05, 4.69) is 15.2 Å². The minimum absolute atomic E-state index is 0.489. The lowest BCUT2D eigenvalue weighted by Crippen LogP contribution is -2.38. The van der Waals surface area contributed by atoms with E-state index in [0.29, 0.717) is 47.6 Å². The molecule has 0 amide bonds. The first-order chi connectivity index (χ1) is 14.2. The third-order valence-electron chi connectivity index (χ3n) is 4.45. The first-order valence-corrected chi connectivity index (χ1v) is 10.4. The van der Waals surface area contributed by atoms with Crippen LogP contribution in [0.2, 0.25) is 5.02 Å². The van der Waals surface area contributed by atoms with E-state index in [1.54, 1.807) is 14.2 Å². The molecule has 1 aromatic carbocycles. The van der Waals surface area contributed by atoms with Gasteiger partial charge in [-0.15, -0.1) is 0 Å². The van der Waals surface area contributed by atoms with Crippen LogP contribution in [0.1, 0.15) is 13.8 Å². The number of hydrogen-bond donors (Lipinski definition) is 1. The van der Waals surface area contributed by atoms with Crippen LogP contribution in [0.4, 0.5) is 5.82 Å². The van der Waals surface area contributed by atoms with Gasteiger partial charge >= 0.3 is 0 Å². The summed E-state index contributed by atoms with van der Waals surface area (Å²) >= 11 is 6.60. The molecular weight excluding hydrogens is 394 g/mol. The molecule has 1 saturated heterocycles. The van der Waals surface area contributed by atoms with Gasteiger partial charge in [0.05, 0.1) is 32.4 Å². The number of fused-ring (bicyclic) bond motifs is 1. The van der Waals surface area contributed by atoms with Gasteiger partial charge in [-0.05, 0) is 12.1 Å². The van der Waals surface area contributed by atoms with E-state index in [-0.39, 0.29) is 0 Å². The van der Waals surface area contributed by atoms with E-state index >= 15 is 0 Å². The Bertz CT molecular complexity index is 754. The molecule has 0 spiro atoms. The molecule has 0 unspecified atom stereocenters. The van der Waals surface area contributed by atoms with Crippen molar-refractivity contribution in [3.05, 3.63) is 23.2 Å². The maximum atomic E-state index is 6.60. The highest BCUT2D eigenvalue weighted by Crippen LogP contribution is 2.37. The van der Waals surface area contributed by atoms with Gasteiger partial charge in [0.2, 0.25) is 0 Å². The number of rotatable bonds is 9. The number of pyridine rings is 1. The van der Waals surface area contributed by atoms with Gasteiger partial charge < -0.3 is 24.3 Å². The summed E-state index contributed by atoms with van der Waals surface area (Å²) in [5, 5.41) is 4.55. The second-order valence-electron chi connectivity index (χ2n) is 6.21.